The van der Waals surface area contributed by atoms with Crippen LogP contribution in [0, 0.1) is 0 Å². The molecule has 132 valence electrons. The Morgan fingerprint density at radius 1 is 1.29 bits per heavy atom. The summed E-state index contributed by atoms with van der Waals surface area (Å²) in [5.41, 5.74) is 1.09. The lowest BCUT2D eigenvalue weighted by molar-refractivity contribution is 0.0600. The molecule has 2 unspecified atom stereocenters. The number of urea groups is 1. The van der Waals surface area contributed by atoms with Crippen LogP contribution < -0.4 is 10.6 Å². The number of hydrogen-bond acceptors (Lipinski definition) is 4. The molecule has 6 heteroatoms. The Balaban J connectivity index is 1.79. The van der Waals surface area contributed by atoms with Crippen LogP contribution in [0.2, 0.25) is 0 Å². The number of nitrogens with zero attached hydrogens (tertiary/aromatic N) is 1. The molecule has 0 radical (unpaired) electrons. The average Bonchev–Trinajstić information content (AvgIpc) is 2.60. The summed E-state index contributed by atoms with van der Waals surface area (Å²) in [5.74, 6) is -0.393. The summed E-state index contributed by atoms with van der Waals surface area (Å²) in [4.78, 5) is 25.9. The van der Waals surface area contributed by atoms with Crippen LogP contribution in [0.4, 0.5) is 10.5 Å². The number of anilines is 1. The fourth-order valence-corrected chi connectivity index (χ4v) is 3.12. The van der Waals surface area contributed by atoms with E-state index in [-0.39, 0.29) is 6.03 Å². The Kier molecular flexibility index (Phi) is 6.61. The van der Waals surface area contributed by atoms with Crippen LogP contribution in [0.3, 0.4) is 0 Å². The maximum atomic E-state index is 12.0. The lowest BCUT2D eigenvalue weighted by Gasteiger charge is -2.38. The molecule has 1 aliphatic heterocycles. The minimum atomic E-state index is -0.393. The second kappa shape index (κ2) is 8.68. The summed E-state index contributed by atoms with van der Waals surface area (Å²) in [6.45, 7) is 6.10. The Bertz CT molecular complexity index is 559. The fraction of sp³-hybridized carbons (Fsp3) is 0.556. The number of carbonyl (C=O) groups is 2. The van der Waals surface area contributed by atoms with E-state index in [1.165, 1.54) is 26.4 Å². The zero-order valence-corrected chi connectivity index (χ0v) is 14.7. The van der Waals surface area contributed by atoms with Gasteiger partial charge in [-0.25, -0.2) is 9.59 Å². The van der Waals surface area contributed by atoms with Gasteiger partial charge in [-0.05, 0) is 57.5 Å². The quantitative estimate of drug-likeness (QED) is 0.813. The molecule has 2 rings (SSSR count). The van der Waals surface area contributed by atoms with Crippen LogP contribution in [0.1, 0.15) is 43.5 Å². The monoisotopic (exact) mass is 333 g/mol. The predicted octanol–water partition coefficient (Wildman–Crippen LogP) is 2.86. The number of likely N-dealkylation sites (tertiary alicyclic amines) is 1. The smallest absolute Gasteiger partial charge is 0.337 e. The molecule has 1 heterocycles. The SMILES string of the molecule is COC(=O)c1ccc(NC(=O)NCC(C)N2CCCCC2C)cc1. The first kappa shape index (κ1) is 18.3. The van der Waals surface area contributed by atoms with Gasteiger partial charge in [0.15, 0.2) is 0 Å². The van der Waals surface area contributed by atoms with Gasteiger partial charge >= 0.3 is 12.0 Å². The Labute approximate surface area is 143 Å². The molecule has 0 aromatic heterocycles. The zero-order valence-electron chi connectivity index (χ0n) is 14.7. The number of nitrogens with one attached hydrogen (secondary N) is 2. The Morgan fingerprint density at radius 3 is 2.62 bits per heavy atom. The molecule has 1 fully saturated rings. The van der Waals surface area contributed by atoms with Crippen LogP contribution in [0.25, 0.3) is 0 Å². The molecule has 0 spiro atoms. The largest absolute Gasteiger partial charge is 0.465 e. The lowest BCUT2D eigenvalue weighted by atomic mass is 10.0. The third-order valence-electron chi connectivity index (χ3n) is 4.54. The molecular formula is C18H27N3O3. The lowest BCUT2D eigenvalue weighted by Crippen LogP contribution is -2.49. The van der Waals surface area contributed by atoms with Gasteiger partial charge in [0.1, 0.15) is 0 Å². The minimum absolute atomic E-state index is 0.239. The number of hydrogen-bond donors (Lipinski definition) is 2. The number of esters is 1. The molecule has 1 aliphatic rings. The zero-order chi connectivity index (χ0) is 17.5. The van der Waals surface area contributed by atoms with E-state index in [9.17, 15) is 9.59 Å². The van der Waals surface area contributed by atoms with Gasteiger partial charge in [-0.1, -0.05) is 6.42 Å². The Hall–Kier alpha value is -2.08. The molecule has 0 aliphatic carbocycles. The first-order chi connectivity index (χ1) is 11.5. The second-order valence-corrected chi connectivity index (χ2v) is 6.34. The fourth-order valence-electron chi connectivity index (χ4n) is 3.12. The van der Waals surface area contributed by atoms with E-state index < -0.39 is 5.97 Å². The van der Waals surface area contributed by atoms with Gasteiger partial charge in [-0.3, -0.25) is 4.90 Å². The minimum Gasteiger partial charge on any atom is -0.465 e. The molecule has 6 nitrogen and oxygen atoms in total. The van der Waals surface area contributed by atoms with E-state index in [2.05, 4.69) is 34.1 Å². The number of rotatable bonds is 5. The van der Waals surface area contributed by atoms with E-state index in [1.807, 2.05) is 0 Å². The van der Waals surface area contributed by atoms with Crippen LogP contribution in [-0.4, -0.2) is 49.2 Å². The number of carbonyl (C=O) groups excluding carboxylic acids is 2. The molecule has 1 aromatic rings. The Morgan fingerprint density at radius 2 is 2.00 bits per heavy atom. The molecule has 1 saturated heterocycles. The summed E-state index contributed by atoms with van der Waals surface area (Å²) in [6, 6.07) is 7.26. The maximum Gasteiger partial charge on any atom is 0.337 e. The van der Waals surface area contributed by atoms with Crippen LogP contribution in [0.5, 0.6) is 0 Å². The van der Waals surface area contributed by atoms with Crippen LogP contribution >= 0.6 is 0 Å². The van der Waals surface area contributed by atoms with Crippen LogP contribution in [-0.2, 0) is 4.74 Å². The van der Waals surface area contributed by atoms with Crippen molar-refractivity contribution in [3.05, 3.63) is 29.8 Å². The van der Waals surface area contributed by atoms with Crippen LogP contribution in [0.15, 0.2) is 24.3 Å². The number of ether oxygens (including phenoxy) is 1. The highest BCUT2D eigenvalue weighted by molar-refractivity contribution is 5.92. The third kappa shape index (κ3) is 4.96. The van der Waals surface area contributed by atoms with E-state index in [0.29, 0.717) is 29.9 Å². The number of piperidine rings is 1. The van der Waals surface area contributed by atoms with E-state index in [0.717, 1.165) is 6.54 Å². The predicted molar refractivity (Wildman–Crippen MR) is 94.3 cm³/mol. The van der Waals surface area contributed by atoms with Crippen molar-refractivity contribution in [1.29, 1.82) is 0 Å². The summed E-state index contributed by atoms with van der Waals surface area (Å²) in [5, 5.41) is 5.69. The first-order valence-corrected chi connectivity index (χ1v) is 8.50. The van der Waals surface area contributed by atoms with Gasteiger partial charge in [0.25, 0.3) is 0 Å². The molecule has 0 bridgehead atoms. The third-order valence-corrected chi connectivity index (χ3v) is 4.54. The topological polar surface area (TPSA) is 70.7 Å². The van der Waals surface area contributed by atoms with Gasteiger partial charge < -0.3 is 15.4 Å². The summed E-state index contributed by atoms with van der Waals surface area (Å²) >= 11 is 0. The van der Waals surface area contributed by atoms with Crippen molar-refractivity contribution in [2.24, 2.45) is 0 Å². The summed E-state index contributed by atoms with van der Waals surface area (Å²) < 4.78 is 4.65. The molecule has 24 heavy (non-hydrogen) atoms. The second-order valence-electron chi connectivity index (χ2n) is 6.34. The van der Waals surface area contributed by atoms with Crippen molar-refractivity contribution in [3.63, 3.8) is 0 Å². The van der Waals surface area contributed by atoms with Gasteiger partial charge in [0.2, 0.25) is 0 Å². The molecule has 2 atom stereocenters. The molecule has 2 N–H and O–H groups in total. The number of amides is 2. The number of methoxy groups -OCH3 is 1. The van der Waals surface area contributed by atoms with E-state index in [4.69, 9.17) is 0 Å². The maximum absolute atomic E-state index is 12.0. The molecule has 0 saturated carbocycles. The molecule has 2 amide bonds. The van der Waals surface area contributed by atoms with Crippen molar-refractivity contribution in [2.75, 3.05) is 25.5 Å². The summed E-state index contributed by atoms with van der Waals surface area (Å²) in [6.07, 6.45) is 3.75. The standard InChI is InChI=1S/C18H27N3O3/c1-13-6-4-5-11-21(13)14(2)12-19-18(23)20-16-9-7-15(8-10-16)17(22)24-3/h7-10,13-14H,4-6,11-12H2,1-3H3,(H2,19,20,23). The van der Waals surface area contributed by atoms with Gasteiger partial charge in [-0.2, -0.15) is 0 Å². The molecular weight excluding hydrogens is 306 g/mol. The first-order valence-electron chi connectivity index (χ1n) is 8.50. The highest BCUT2D eigenvalue weighted by atomic mass is 16.5. The van der Waals surface area contributed by atoms with Crippen molar-refractivity contribution >= 4 is 17.7 Å². The van der Waals surface area contributed by atoms with Crippen molar-refractivity contribution in [1.82, 2.24) is 10.2 Å². The number of benzene rings is 1. The summed E-state index contributed by atoms with van der Waals surface area (Å²) in [7, 11) is 1.34. The highest BCUT2D eigenvalue weighted by Crippen LogP contribution is 2.18. The van der Waals surface area contributed by atoms with E-state index in [1.54, 1.807) is 24.3 Å². The van der Waals surface area contributed by atoms with Crippen molar-refractivity contribution in [3.8, 4) is 0 Å². The van der Waals surface area contributed by atoms with Gasteiger partial charge in [0.05, 0.1) is 12.7 Å². The molecule has 1 aromatic carbocycles. The van der Waals surface area contributed by atoms with E-state index >= 15 is 0 Å². The van der Waals surface area contributed by atoms with Crippen molar-refractivity contribution in [2.45, 2.75) is 45.2 Å². The van der Waals surface area contributed by atoms with Gasteiger partial charge in [0, 0.05) is 24.3 Å². The average molecular weight is 333 g/mol. The van der Waals surface area contributed by atoms with Gasteiger partial charge in [-0.15, -0.1) is 0 Å². The van der Waals surface area contributed by atoms with Crippen molar-refractivity contribution < 1.29 is 14.3 Å². The normalized spacial score (nSPS) is 19.4. The highest BCUT2D eigenvalue weighted by Gasteiger charge is 2.23.